The molecule has 0 aliphatic rings. The van der Waals surface area contributed by atoms with Gasteiger partial charge in [-0.05, 0) is 36.8 Å². The highest BCUT2D eigenvalue weighted by atomic mass is 19.4. The Hall–Kier alpha value is -3.03. The van der Waals surface area contributed by atoms with Crippen LogP contribution in [0.1, 0.15) is 23.6 Å². The van der Waals surface area contributed by atoms with Crippen molar-refractivity contribution in [3.05, 3.63) is 65.2 Å². The molecule has 2 aromatic rings. The number of alkyl halides is 3. The Morgan fingerprint density at radius 3 is 2.35 bits per heavy atom. The lowest BCUT2D eigenvalue weighted by Crippen LogP contribution is -2.26. The third-order valence-electron chi connectivity index (χ3n) is 3.37. The van der Waals surface area contributed by atoms with E-state index in [1.54, 1.807) is 31.2 Å². The van der Waals surface area contributed by atoms with Crippen molar-refractivity contribution in [2.75, 3.05) is 6.61 Å². The first-order chi connectivity index (χ1) is 12.3. The summed E-state index contributed by atoms with van der Waals surface area (Å²) in [6.07, 6.45) is -4.41. The molecule has 0 fully saturated rings. The molecule has 5 nitrogen and oxygen atoms in total. The maximum absolute atomic E-state index is 12.6. The van der Waals surface area contributed by atoms with E-state index >= 15 is 0 Å². The molecule has 0 bridgehead atoms. The quantitative estimate of drug-likeness (QED) is 0.602. The van der Waals surface area contributed by atoms with Crippen molar-refractivity contribution >= 4 is 11.6 Å². The first-order valence-corrected chi connectivity index (χ1v) is 7.71. The van der Waals surface area contributed by atoms with Crippen LogP contribution >= 0.6 is 0 Å². The Labute approximate surface area is 148 Å². The predicted molar refractivity (Wildman–Crippen MR) is 89.6 cm³/mol. The van der Waals surface area contributed by atoms with E-state index in [2.05, 4.69) is 5.16 Å². The summed E-state index contributed by atoms with van der Waals surface area (Å²) in [5, 5.41) is 3.73. The molecule has 0 unspecified atom stereocenters. The summed E-state index contributed by atoms with van der Waals surface area (Å²) in [5.41, 5.74) is 5.55. The van der Waals surface area contributed by atoms with Gasteiger partial charge in [0.15, 0.2) is 5.71 Å². The molecule has 0 atom stereocenters. The molecule has 2 N–H and O–H groups in total. The second-order valence-electron chi connectivity index (χ2n) is 5.19. The number of hydrogen-bond acceptors (Lipinski definition) is 4. The average Bonchev–Trinajstić information content (AvgIpc) is 2.60. The first kappa shape index (κ1) is 19.3. The topological polar surface area (TPSA) is 73.9 Å². The van der Waals surface area contributed by atoms with Crippen LogP contribution in [0.25, 0.3) is 0 Å². The Kier molecular flexibility index (Phi) is 6.21. The van der Waals surface area contributed by atoms with Crippen molar-refractivity contribution in [3.8, 4) is 5.75 Å². The van der Waals surface area contributed by atoms with Gasteiger partial charge in [0.25, 0.3) is 5.91 Å². The standard InChI is InChI=1S/C18H17F3N2O3/c1-2-26-23-16(17(22)24)15-6-4-3-5-12(15)11-25-14-9-7-13(8-10-14)18(19,20)21/h3-10H,2,11H2,1H3,(H2,22,24)/b23-16-. The van der Waals surface area contributed by atoms with E-state index in [9.17, 15) is 18.0 Å². The summed E-state index contributed by atoms with van der Waals surface area (Å²) in [6, 6.07) is 11.1. The number of rotatable bonds is 7. The van der Waals surface area contributed by atoms with Crippen molar-refractivity contribution < 1.29 is 27.5 Å². The fourth-order valence-electron chi connectivity index (χ4n) is 2.13. The van der Waals surface area contributed by atoms with E-state index in [1.165, 1.54) is 12.1 Å². The lowest BCUT2D eigenvalue weighted by molar-refractivity contribution is -0.137. The monoisotopic (exact) mass is 366 g/mol. The average molecular weight is 366 g/mol. The normalized spacial score (nSPS) is 11.9. The van der Waals surface area contributed by atoms with E-state index in [4.69, 9.17) is 15.3 Å². The second-order valence-corrected chi connectivity index (χ2v) is 5.19. The van der Waals surface area contributed by atoms with Crippen LogP contribution in [0.3, 0.4) is 0 Å². The van der Waals surface area contributed by atoms with Crippen LogP contribution in [0.2, 0.25) is 0 Å². The van der Waals surface area contributed by atoms with Crippen LogP contribution in [0.15, 0.2) is 53.7 Å². The number of nitrogens with zero attached hydrogens (tertiary/aromatic N) is 1. The van der Waals surface area contributed by atoms with Gasteiger partial charge in [-0.15, -0.1) is 0 Å². The van der Waals surface area contributed by atoms with Gasteiger partial charge in [-0.1, -0.05) is 29.4 Å². The fourth-order valence-corrected chi connectivity index (χ4v) is 2.13. The van der Waals surface area contributed by atoms with Gasteiger partial charge in [0.05, 0.1) is 5.56 Å². The highest BCUT2D eigenvalue weighted by molar-refractivity contribution is 6.45. The molecule has 0 saturated heterocycles. The largest absolute Gasteiger partial charge is 0.489 e. The maximum atomic E-state index is 12.6. The summed E-state index contributed by atoms with van der Waals surface area (Å²) in [4.78, 5) is 16.5. The molecule has 0 aliphatic heterocycles. The molecule has 8 heteroatoms. The number of amides is 1. The van der Waals surface area contributed by atoms with E-state index in [0.717, 1.165) is 12.1 Å². The molecule has 0 radical (unpaired) electrons. The minimum Gasteiger partial charge on any atom is -0.489 e. The highest BCUT2D eigenvalue weighted by Gasteiger charge is 2.30. The molecule has 0 spiro atoms. The smallest absolute Gasteiger partial charge is 0.416 e. The number of ether oxygens (including phenoxy) is 1. The molecule has 26 heavy (non-hydrogen) atoms. The molecular formula is C18H17F3N2O3. The summed E-state index contributed by atoms with van der Waals surface area (Å²) >= 11 is 0. The molecule has 0 saturated carbocycles. The van der Waals surface area contributed by atoms with Crippen molar-refractivity contribution in [2.45, 2.75) is 19.7 Å². The molecular weight excluding hydrogens is 349 g/mol. The van der Waals surface area contributed by atoms with Gasteiger partial charge in [0, 0.05) is 5.56 Å². The van der Waals surface area contributed by atoms with Crippen LogP contribution < -0.4 is 10.5 Å². The number of halogens is 3. The van der Waals surface area contributed by atoms with Crippen LogP contribution in [0, 0.1) is 0 Å². The lowest BCUT2D eigenvalue weighted by atomic mass is 10.0. The molecule has 2 rings (SSSR count). The zero-order chi connectivity index (χ0) is 19.2. The van der Waals surface area contributed by atoms with Crippen LogP contribution in [0.4, 0.5) is 13.2 Å². The Bertz CT molecular complexity index is 787. The number of nitrogens with two attached hydrogens (primary N) is 1. The van der Waals surface area contributed by atoms with E-state index in [0.29, 0.717) is 11.1 Å². The summed E-state index contributed by atoms with van der Waals surface area (Å²) in [5.74, 6) is -0.504. The van der Waals surface area contributed by atoms with Crippen molar-refractivity contribution in [1.82, 2.24) is 0 Å². The van der Waals surface area contributed by atoms with Crippen LogP contribution in [-0.4, -0.2) is 18.2 Å². The van der Waals surface area contributed by atoms with Crippen molar-refractivity contribution in [3.63, 3.8) is 0 Å². The number of carbonyl (C=O) groups is 1. The van der Waals surface area contributed by atoms with Gasteiger partial charge in [0.1, 0.15) is 19.0 Å². The van der Waals surface area contributed by atoms with Gasteiger partial charge in [-0.3, -0.25) is 4.79 Å². The molecule has 0 aromatic heterocycles. The molecule has 2 aromatic carbocycles. The van der Waals surface area contributed by atoms with Gasteiger partial charge in [0.2, 0.25) is 0 Å². The van der Waals surface area contributed by atoms with Gasteiger partial charge in [-0.2, -0.15) is 13.2 Å². The lowest BCUT2D eigenvalue weighted by Gasteiger charge is -2.12. The number of carbonyl (C=O) groups excluding carboxylic acids is 1. The zero-order valence-corrected chi connectivity index (χ0v) is 13.9. The molecule has 1 amide bonds. The fraction of sp³-hybridized carbons (Fsp3) is 0.222. The second kappa shape index (κ2) is 8.37. The van der Waals surface area contributed by atoms with Gasteiger partial charge >= 0.3 is 6.18 Å². The first-order valence-electron chi connectivity index (χ1n) is 7.71. The molecule has 0 heterocycles. The minimum absolute atomic E-state index is 0.0139. The Balaban J connectivity index is 2.19. The minimum atomic E-state index is -4.41. The number of hydrogen-bond donors (Lipinski definition) is 1. The zero-order valence-electron chi connectivity index (χ0n) is 13.9. The molecule has 0 aliphatic carbocycles. The predicted octanol–water partition coefficient (Wildman–Crippen LogP) is 3.51. The number of primary amides is 1. The third kappa shape index (κ3) is 4.98. The summed E-state index contributed by atoms with van der Waals surface area (Å²) in [7, 11) is 0. The SMILES string of the molecule is CCO/N=C(\C(N)=O)c1ccccc1COc1ccc(C(F)(F)F)cc1. The van der Waals surface area contributed by atoms with Gasteiger partial charge < -0.3 is 15.3 Å². The highest BCUT2D eigenvalue weighted by Crippen LogP contribution is 2.30. The Morgan fingerprint density at radius 2 is 1.77 bits per heavy atom. The van der Waals surface area contributed by atoms with E-state index in [1.807, 2.05) is 0 Å². The number of benzene rings is 2. The Morgan fingerprint density at radius 1 is 1.12 bits per heavy atom. The molecule has 138 valence electrons. The number of oxime groups is 1. The van der Waals surface area contributed by atoms with Crippen molar-refractivity contribution in [2.24, 2.45) is 10.9 Å². The van der Waals surface area contributed by atoms with Crippen LogP contribution in [-0.2, 0) is 22.4 Å². The summed E-state index contributed by atoms with van der Waals surface area (Å²) < 4.78 is 43.3. The summed E-state index contributed by atoms with van der Waals surface area (Å²) in [6.45, 7) is 1.99. The van der Waals surface area contributed by atoms with Crippen molar-refractivity contribution in [1.29, 1.82) is 0 Å². The third-order valence-corrected chi connectivity index (χ3v) is 3.37. The van der Waals surface area contributed by atoms with E-state index < -0.39 is 17.6 Å². The maximum Gasteiger partial charge on any atom is 0.416 e. The van der Waals surface area contributed by atoms with Crippen LogP contribution in [0.5, 0.6) is 5.75 Å². The van der Waals surface area contributed by atoms with Gasteiger partial charge in [-0.25, -0.2) is 0 Å². The van der Waals surface area contributed by atoms with E-state index in [-0.39, 0.29) is 24.7 Å².